The Labute approximate surface area is 102 Å². The average Bonchev–Trinajstić information content (AvgIpc) is 2.83. The highest BCUT2D eigenvalue weighted by Crippen LogP contribution is 2.32. The zero-order chi connectivity index (χ0) is 11.7. The Hall–Kier alpha value is -0.870. The van der Waals surface area contributed by atoms with Crippen LogP contribution in [0.5, 0.6) is 0 Å². The van der Waals surface area contributed by atoms with Gasteiger partial charge in [0.15, 0.2) is 0 Å². The van der Waals surface area contributed by atoms with Gasteiger partial charge in [0.25, 0.3) is 0 Å². The van der Waals surface area contributed by atoms with Gasteiger partial charge in [0.2, 0.25) is 0 Å². The largest absolute Gasteiger partial charge is 0.370 e. The molecule has 4 heteroatoms. The molecule has 0 atom stereocenters. The van der Waals surface area contributed by atoms with Gasteiger partial charge in [-0.25, -0.2) is 0 Å². The van der Waals surface area contributed by atoms with Gasteiger partial charge in [0.1, 0.15) is 0 Å². The summed E-state index contributed by atoms with van der Waals surface area (Å²) in [5, 5.41) is 4.73. The molecule has 0 spiro atoms. The lowest BCUT2D eigenvalue weighted by Gasteiger charge is -2.17. The standard InChI is InChI=1S/C13H21N3O/c14-7-12-11-8-17-9-13(11)16(15-12)10-5-3-1-2-4-6-10/h10H,1-9,14H2. The summed E-state index contributed by atoms with van der Waals surface area (Å²) in [6.45, 7) is 1.96. The van der Waals surface area contributed by atoms with E-state index in [1.165, 1.54) is 49.8 Å². The summed E-state index contributed by atoms with van der Waals surface area (Å²) in [5.41, 5.74) is 9.36. The smallest absolute Gasteiger partial charge is 0.0893 e. The SMILES string of the molecule is NCc1nn(C2CCCCCC2)c2c1COC2. The fourth-order valence-corrected chi connectivity index (χ4v) is 3.09. The summed E-state index contributed by atoms with van der Waals surface area (Å²) in [4.78, 5) is 0. The summed E-state index contributed by atoms with van der Waals surface area (Å²) in [7, 11) is 0. The number of hydrogen-bond acceptors (Lipinski definition) is 3. The van der Waals surface area contributed by atoms with Crippen molar-refractivity contribution in [1.29, 1.82) is 0 Å². The Morgan fingerprint density at radius 3 is 2.65 bits per heavy atom. The topological polar surface area (TPSA) is 53.1 Å². The molecular weight excluding hydrogens is 214 g/mol. The molecule has 94 valence electrons. The van der Waals surface area contributed by atoms with Crippen molar-refractivity contribution in [1.82, 2.24) is 9.78 Å². The van der Waals surface area contributed by atoms with Gasteiger partial charge in [0.05, 0.1) is 30.6 Å². The first-order valence-corrected chi connectivity index (χ1v) is 6.77. The molecule has 1 saturated carbocycles. The van der Waals surface area contributed by atoms with E-state index >= 15 is 0 Å². The molecule has 1 aliphatic carbocycles. The normalized spacial score (nSPS) is 21.5. The van der Waals surface area contributed by atoms with E-state index in [1.807, 2.05) is 0 Å². The monoisotopic (exact) mass is 235 g/mol. The molecule has 0 bridgehead atoms. The third-order valence-electron chi connectivity index (χ3n) is 4.05. The predicted octanol–water partition coefficient (Wildman–Crippen LogP) is 2.27. The van der Waals surface area contributed by atoms with E-state index < -0.39 is 0 Å². The van der Waals surface area contributed by atoms with Crippen molar-refractivity contribution in [3.63, 3.8) is 0 Å². The number of fused-ring (bicyclic) bond motifs is 1. The maximum atomic E-state index is 5.77. The van der Waals surface area contributed by atoms with Crippen molar-refractivity contribution in [2.75, 3.05) is 0 Å². The highest BCUT2D eigenvalue weighted by atomic mass is 16.5. The van der Waals surface area contributed by atoms with Crippen LogP contribution in [0, 0.1) is 0 Å². The van der Waals surface area contributed by atoms with Crippen molar-refractivity contribution in [2.45, 2.75) is 64.3 Å². The van der Waals surface area contributed by atoms with E-state index in [0.29, 0.717) is 19.2 Å². The molecule has 0 radical (unpaired) electrons. The number of aromatic nitrogens is 2. The van der Waals surface area contributed by atoms with Crippen LogP contribution in [-0.4, -0.2) is 9.78 Å². The third kappa shape index (κ3) is 2.00. The lowest BCUT2D eigenvalue weighted by Crippen LogP contribution is -2.13. The number of ether oxygens (including phenoxy) is 1. The summed E-state index contributed by atoms with van der Waals surface area (Å²) in [6.07, 6.45) is 7.94. The lowest BCUT2D eigenvalue weighted by atomic mass is 10.1. The van der Waals surface area contributed by atoms with Gasteiger partial charge < -0.3 is 10.5 Å². The number of nitrogens with two attached hydrogens (primary N) is 1. The first kappa shape index (κ1) is 11.2. The Morgan fingerprint density at radius 1 is 1.18 bits per heavy atom. The van der Waals surface area contributed by atoms with Gasteiger partial charge in [0, 0.05) is 12.1 Å². The van der Waals surface area contributed by atoms with E-state index in [9.17, 15) is 0 Å². The van der Waals surface area contributed by atoms with Crippen LogP contribution >= 0.6 is 0 Å². The first-order valence-electron chi connectivity index (χ1n) is 6.77. The summed E-state index contributed by atoms with van der Waals surface area (Å²) >= 11 is 0. The molecule has 1 aromatic rings. The predicted molar refractivity (Wildman–Crippen MR) is 65.4 cm³/mol. The first-order chi connectivity index (χ1) is 8.40. The molecule has 1 aromatic heterocycles. The van der Waals surface area contributed by atoms with Crippen LogP contribution in [0.4, 0.5) is 0 Å². The quantitative estimate of drug-likeness (QED) is 0.800. The molecule has 1 aliphatic heterocycles. The maximum Gasteiger partial charge on any atom is 0.0893 e. The van der Waals surface area contributed by atoms with Gasteiger partial charge in [-0.05, 0) is 12.8 Å². The number of nitrogens with zero attached hydrogens (tertiary/aromatic N) is 2. The zero-order valence-corrected chi connectivity index (χ0v) is 10.3. The molecule has 0 amide bonds. The van der Waals surface area contributed by atoms with Crippen LogP contribution in [0.2, 0.25) is 0 Å². The minimum absolute atomic E-state index is 0.533. The van der Waals surface area contributed by atoms with E-state index in [0.717, 1.165) is 12.3 Å². The van der Waals surface area contributed by atoms with Crippen molar-refractivity contribution < 1.29 is 4.74 Å². The molecule has 1 fully saturated rings. The summed E-state index contributed by atoms with van der Waals surface area (Å²) in [5.74, 6) is 0. The Kier molecular flexibility index (Phi) is 3.16. The molecular formula is C13H21N3O. The van der Waals surface area contributed by atoms with Crippen molar-refractivity contribution in [2.24, 2.45) is 5.73 Å². The second kappa shape index (κ2) is 4.78. The van der Waals surface area contributed by atoms with E-state index in [2.05, 4.69) is 4.68 Å². The molecule has 0 unspecified atom stereocenters. The van der Waals surface area contributed by atoms with Crippen LogP contribution in [0.25, 0.3) is 0 Å². The van der Waals surface area contributed by atoms with Gasteiger partial charge in [-0.1, -0.05) is 25.7 Å². The molecule has 4 nitrogen and oxygen atoms in total. The third-order valence-corrected chi connectivity index (χ3v) is 4.05. The van der Waals surface area contributed by atoms with Gasteiger partial charge >= 0.3 is 0 Å². The molecule has 0 saturated heterocycles. The zero-order valence-electron chi connectivity index (χ0n) is 10.3. The van der Waals surface area contributed by atoms with Crippen LogP contribution in [0.15, 0.2) is 0 Å². The molecule has 2 heterocycles. The molecule has 2 N–H and O–H groups in total. The number of rotatable bonds is 2. The highest BCUT2D eigenvalue weighted by Gasteiger charge is 2.26. The Balaban J connectivity index is 1.91. The second-order valence-corrected chi connectivity index (χ2v) is 5.16. The van der Waals surface area contributed by atoms with E-state index in [4.69, 9.17) is 15.6 Å². The van der Waals surface area contributed by atoms with Crippen LogP contribution in [0.3, 0.4) is 0 Å². The van der Waals surface area contributed by atoms with Crippen LogP contribution in [-0.2, 0) is 24.5 Å². The van der Waals surface area contributed by atoms with E-state index in [-0.39, 0.29) is 0 Å². The maximum absolute atomic E-state index is 5.77. The lowest BCUT2D eigenvalue weighted by molar-refractivity contribution is 0.127. The summed E-state index contributed by atoms with van der Waals surface area (Å²) < 4.78 is 7.78. The molecule has 17 heavy (non-hydrogen) atoms. The Bertz CT molecular complexity index is 392. The molecule has 0 aromatic carbocycles. The van der Waals surface area contributed by atoms with E-state index in [1.54, 1.807) is 0 Å². The fraction of sp³-hybridized carbons (Fsp3) is 0.769. The van der Waals surface area contributed by atoms with Crippen LogP contribution in [0.1, 0.15) is 61.5 Å². The second-order valence-electron chi connectivity index (χ2n) is 5.16. The van der Waals surface area contributed by atoms with Crippen molar-refractivity contribution >= 4 is 0 Å². The van der Waals surface area contributed by atoms with Crippen molar-refractivity contribution in [3.8, 4) is 0 Å². The van der Waals surface area contributed by atoms with Gasteiger partial charge in [-0.15, -0.1) is 0 Å². The highest BCUT2D eigenvalue weighted by molar-refractivity contribution is 5.28. The van der Waals surface area contributed by atoms with Crippen LogP contribution < -0.4 is 5.73 Å². The Morgan fingerprint density at radius 2 is 1.94 bits per heavy atom. The van der Waals surface area contributed by atoms with Gasteiger partial charge in [-0.2, -0.15) is 5.10 Å². The molecule has 2 aliphatic rings. The number of hydrogen-bond donors (Lipinski definition) is 1. The summed E-state index contributed by atoms with van der Waals surface area (Å²) in [6, 6.07) is 0.577. The van der Waals surface area contributed by atoms with Crippen molar-refractivity contribution in [3.05, 3.63) is 17.0 Å². The average molecular weight is 235 g/mol. The minimum Gasteiger partial charge on any atom is -0.370 e. The fourth-order valence-electron chi connectivity index (χ4n) is 3.09. The minimum atomic E-state index is 0.533. The molecule has 3 rings (SSSR count). The van der Waals surface area contributed by atoms with Gasteiger partial charge in [-0.3, -0.25) is 4.68 Å².